The minimum Gasteiger partial charge on any atom is -0.481 e. The molecule has 0 amide bonds. The molecule has 1 aliphatic rings. The Morgan fingerprint density at radius 3 is 2.62 bits per heavy atom. The second kappa shape index (κ2) is 7.39. The maximum atomic E-state index is 14.9. The highest BCUT2D eigenvalue weighted by molar-refractivity contribution is 6.33. The standard InChI is InChI=1S/C25H22ClFN2O3/c1-7-14-11-12-15-18(13-14)31-25(5,6)21-20(15)29(23(30)32-24(2,3)4)22(28-21)19-16(26)9-8-10-17(19)27/h1,8-13H,2-6H3. The van der Waals surface area contributed by atoms with Crippen LogP contribution in [0, 0.1) is 18.2 Å². The fourth-order valence-electron chi connectivity index (χ4n) is 3.67. The molecular weight excluding hydrogens is 431 g/mol. The molecule has 7 heteroatoms. The molecule has 0 unspecified atom stereocenters. The summed E-state index contributed by atoms with van der Waals surface area (Å²) in [7, 11) is 0. The molecule has 164 valence electrons. The molecule has 0 fully saturated rings. The van der Waals surface area contributed by atoms with Crippen molar-refractivity contribution < 1.29 is 18.7 Å². The van der Waals surface area contributed by atoms with Crippen LogP contribution in [-0.4, -0.2) is 21.2 Å². The number of hydrogen-bond acceptors (Lipinski definition) is 4. The molecule has 2 aromatic carbocycles. The van der Waals surface area contributed by atoms with E-state index in [9.17, 15) is 9.18 Å². The van der Waals surface area contributed by atoms with Gasteiger partial charge in [0.15, 0.2) is 5.82 Å². The first kappa shape index (κ1) is 21.9. The summed E-state index contributed by atoms with van der Waals surface area (Å²) in [6.07, 6.45) is 4.85. The van der Waals surface area contributed by atoms with Gasteiger partial charge in [0.1, 0.15) is 28.5 Å². The van der Waals surface area contributed by atoms with Crippen LogP contribution in [0.4, 0.5) is 9.18 Å². The van der Waals surface area contributed by atoms with Crippen molar-refractivity contribution in [2.45, 2.75) is 45.8 Å². The van der Waals surface area contributed by atoms with Gasteiger partial charge in [-0.15, -0.1) is 6.42 Å². The molecule has 0 saturated heterocycles. The van der Waals surface area contributed by atoms with Crippen molar-refractivity contribution >= 4 is 17.7 Å². The predicted octanol–water partition coefficient (Wildman–Crippen LogP) is 6.40. The third-order valence-corrected chi connectivity index (χ3v) is 5.29. The summed E-state index contributed by atoms with van der Waals surface area (Å²) in [6.45, 7) is 8.89. The number of nitrogens with zero attached hydrogens (tertiary/aromatic N) is 2. The number of fused-ring (bicyclic) bond motifs is 3. The normalized spacial score (nSPS) is 14.1. The van der Waals surface area contributed by atoms with Gasteiger partial charge in [-0.25, -0.2) is 18.7 Å². The highest BCUT2D eigenvalue weighted by Gasteiger charge is 2.41. The third kappa shape index (κ3) is 3.63. The molecule has 2 heterocycles. The maximum Gasteiger partial charge on any atom is 0.420 e. The van der Waals surface area contributed by atoms with Gasteiger partial charge in [0.25, 0.3) is 0 Å². The third-order valence-electron chi connectivity index (χ3n) is 4.98. The van der Waals surface area contributed by atoms with E-state index in [4.69, 9.17) is 27.5 Å². The molecule has 3 aromatic rings. The van der Waals surface area contributed by atoms with Gasteiger partial charge in [-0.1, -0.05) is 23.6 Å². The average Bonchev–Trinajstić information content (AvgIpc) is 3.07. The van der Waals surface area contributed by atoms with Crippen molar-refractivity contribution in [2.24, 2.45) is 0 Å². The molecule has 0 bridgehead atoms. The van der Waals surface area contributed by atoms with E-state index in [1.807, 2.05) is 13.8 Å². The molecule has 5 nitrogen and oxygen atoms in total. The number of hydrogen-bond donors (Lipinski definition) is 0. The number of aromatic nitrogens is 2. The van der Waals surface area contributed by atoms with E-state index >= 15 is 0 Å². The van der Waals surface area contributed by atoms with E-state index in [0.29, 0.717) is 28.3 Å². The molecule has 1 aliphatic heterocycles. The van der Waals surface area contributed by atoms with Crippen molar-refractivity contribution in [3.05, 3.63) is 58.5 Å². The summed E-state index contributed by atoms with van der Waals surface area (Å²) in [6, 6.07) is 9.53. The summed E-state index contributed by atoms with van der Waals surface area (Å²) < 4.78 is 28.0. The second-order valence-corrected chi connectivity index (χ2v) is 9.42. The molecule has 0 atom stereocenters. The molecule has 4 rings (SSSR count). The minimum atomic E-state index is -0.935. The number of terminal acetylenes is 1. The van der Waals surface area contributed by atoms with Crippen LogP contribution in [-0.2, 0) is 10.3 Å². The summed E-state index contributed by atoms with van der Waals surface area (Å²) in [5, 5.41) is 0.124. The topological polar surface area (TPSA) is 53.4 Å². The molecule has 0 N–H and O–H groups in total. The first-order chi connectivity index (χ1) is 14.9. The average molecular weight is 453 g/mol. The molecular formula is C25H22ClFN2O3. The Bertz CT molecular complexity index is 1280. The summed E-state index contributed by atoms with van der Waals surface area (Å²) in [5.74, 6) is 2.51. The molecule has 0 saturated carbocycles. The highest BCUT2D eigenvalue weighted by atomic mass is 35.5. The fraction of sp³-hybridized carbons (Fsp3) is 0.280. The Labute approximate surface area is 191 Å². The van der Waals surface area contributed by atoms with Crippen LogP contribution in [0.5, 0.6) is 5.75 Å². The first-order valence-electron chi connectivity index (χ1n) is 10.0. The van der Waals surface area contributed by atoms with Gasteiger partial charge in [0.05, 0.1) is 16.3 Å². The van der Waals surface area contributed by atoms with Crippen molar-refractivity contribution in [1.29, 1.82) is 0 Å². The van der Waals surface area contributed by atoms with Crippen LogP contribution in [0.2, 0.25) is 5.02 Å². The van der Waals surface area contributed by atoms with E-state index < -0.39 is 23.1 Å². The number of carbonyl (C=O) groups is 1. The lowest BCUT2D eigenvalue weighted by Crippen LogP contribution is -2.32. The van der Waals surface area contributed by atoms with E-state index in [1.54, 1.807) is 45.0 Å². The Balaban J connectivity index is 2.10. The first-order valence-corrected chi connectivity index (χ1v) is 10.4. The summed E-state index contributed by atoms with van der Waals surface area (Å²) >= 11 is 6.35. The van der Waals surface area contributed by atoms with Crippen molar-refractivity contribution in [3.8, 4) is 40.7 Å². The lowest BCUT2D eigenvalue weighted by atomic mass is 9.94. The number of carbonyl (C=O) groups excluding carboxylic acids is 1. The van der Waals surface area contributed by atoms with Gasteiger partial charge >= 0.3 is 6.09 Å². The number of halogens is 2. The fourth-order valence-corrected chi connectivity index (χ4v) is 3.92. The van der Waals surface area contributed by atoms with Crippen molar-refractivity contribution in [1.82, 2.24) is 9.55 Å². The Morgan fingerprint density at radius 2 is 2.00 bits per heavy atom. The molecule has 0 spiro atoms. The van der Waals surface area contributed by atoms with Gasteiger partial charge in [-0.05, 0) is 65.0 Å². The van der Waals surface area contributed by atoms with Crippen LogP contribution in [0.3, 0.4) is 0 Å². The molecule has 1 aromatic heterocycles. The van der Waals surface area contributed by atoms with Gasteiger partial charge < -0.3 is 9.47 Å². The number of imidazole rings is 1. The quantitative estimate of drug-likeness (QED) is 0.401. The molecule has 0 aliphatic carbocycles. The van der Waals surface area contributed by atoms with Crippen molar-refractivity contribution in [3.63, 3.8) is 0 Å². The van der Waals surface area contributed by atoms with Crippen molar-refractivity contribution in [2.75, 3.05) is 0 Å². The maximum absolute atomic E-state index is 14.9. The van der Waals surface area contributed by atoms with E-state index in [0.717, 1.165) is 0 Å². The Kier molecular flexibility index (Phi) is 5.06. The zero-order chi connectivity index (χ0) is 23.4. The number of ether oxygens (including phenoxy) is 2. The van der Waals surface area contributed by atoms with E-state index in [-0.39, 0.29) is 16.4 Å². The smallest absolute Gasteiger partial charge is 0.420 e. The summed E-state index contributed by atoms with van der Waals surface area (Å²) in [5.41, 5.74) is 0.407. The lowest BCUT2D eigenvalue weighted by molar-refractivity contribution is 0.0540. The SMILES string of the molecule is C#Cc1ccc2c(c1)OC(C)(C)c1nc(-c3c(F)cccc3Cl)n(C(=O)OC(C)(C)C)c1-2. The van der Waals surface area contributed by atoms with E-state index in [1.165, 1.54) is 16.7 Å². The van der Waals surface area contributed by atoms with Crippen LogP contribution in [0.1, 0.15) is 45.9 Å². The van der Waals surface area contributed by atoms with Gasteiger partial charge in [-0.2, -0.15) is 0 Å². The Hall–Kier alpha value is -3.30. The highest BCUT2D eigenvalue weighted by Crippen LogP contribution is 2.47. The largest absolute Gasteiger partial charge is 0.481 e. The van der Waals surface area contributed by atoms with Crippen LogP contribution in [0.25, 0.3) is 22.6 Å². The van der Waals surface area contributed by atoms with Gasteiger partial charge in [0.2, 0.25) is 0 Å². The van der Waals surface area contributed by atoms with E-state index in [2.05, 4.69) is 10.9 Å². The zero-order valence-corrected chi connectivity index (χ0v) is 19.2. The Morgan fingerprint density at radius 1 is 1.28 bits per heavy atom. The number of rotatable bonds is 1. The zero-order valence-electron chi connectivity index (χ0n) is 18.4. The van der Waals surface area contributed by atoms with Crippen LogP contribution < -0.4 is 4.74 Å². The predicted molar refractivity (Wildman–Crippen MR) is 121 cm³/mol. The minimum absolute atomic E-state index is 0.00650. The van der Waals surface area contributed by atoms with Gasteiger partial charge in [-0.3, -0.25) is 0 Å². The molecule has 0 radical (unpaired) electrons. The van der Waals surface area contributed by atoms with Gasteiger partial charge in [0, 0.05) is 11.1 Å². The lowest BCUT2D eigenvalue weighted by Gasteiger charge is -2.32. The van der Waals surface area contributed by atoms with Crippen LogP contribution in [0.15, 0.2) is 36.4 Å². The monoisotopic (exact) mass is 452 g/mol. The summed E-state index contributed by atoms with van der Waals surface area (Å²) in [4.78, 5) is 18.1. The van der Waals surface area contributed by atoms with Crippen LogP contribution >= 0.6 is 11.6 Å². The second-order valence-electron chi connectivity index (χ2n) is 9.01. The molecule has 32 heavy (non-hydrogen) atoms. The number of benzene rings is 2.